The van der Waals surface area contributed by atoms with Crippen molar-refractivity contribution in [3.05, 3.63) is 57.6 Å². The van der Waals surface area contributed by atoms with E-state index in [0.717, 1.165) is 0 Å². The summed E-state index contributed by atoms with van der Waals surface area (Å²) in [6.45, 7) is 0.0650. The van der Waals surface area contributed by atoms with Gasteiger partial charge in [0.05, 0.1) is 12.2 Å². The average Bonchev–Trinajstić information content (AvgIpc) is 2.59. The van der Waals surface area contributed by atoms with Crippen molar-refractivity contribution in [3.8, 4) is 5.75 Å². The van der Waals surface area contributed by atoms with Gasteiger partial charge in [0.25, 0.3) is 11.8 Å². The minimum Gasteiger partial charge on any atom is -0.482 e. The van der Waals surface area contributed by atoms with Crippen LogP contribution in [0, 0.1) is 0 Å². The minimum absolute atomic E-state index is 0.114. The molecule has 0 aliphatic carbocycles. The molecule has 8 heteroatoms. The Morgan fingerprint density at radius 3 is 2.79 bits per heavy atom. The SMILES string of the molecule is O=C(NO)c1ccc2c(c1)N(Cc1cc(Cl)ccc1Cl)C(=O)CO2. The van der Waals surface area contributed by atoms with Gasteiger partial charge >= 0.3 is 0 Å². The maximum absolute atomic E-state index is 12.3. The van der Waals surface area contributed by atoms with Crippen LogP contribution in [0.3, 0.4) is 0 Å². The normalized spacial score (nSPS) is 13.3. The number of nitrogens with one attached hydrogen (secondary N) is 1. The number of carbonyl (C=O) groups is 2. The Labute approximate surface area is 147 Å². The first kappa shape index (κ1) is 16.6. The van der Waals surface area contributed by atoms with Crippen LogP contribution in [-0.2, 0) is 11.3 Å². The summed E-state index contributed by atoms with van der Waals surface area (Å²) in [6.07, 6.45) is 0. The van der Waals surface area contributed by atoms with Crippen molar-refractivity contribution in [3.63, 3.8) is 0 Å². The third-order valence-electron chi connectivity index (χ3n) is 3.60. The Morgan fingerprint density at radius 1 is 1.25 bits per heavy atom. The zero-order valence-corrected chi connectivity index (χ0v) is 13.8. The molecule has 1 aliphatic rings. The molecule has 0 saturated carbocycles. The van der Waals surface area contributed by atoms with E-state index in [-0.39, 0.29) is 24.6 Å². The third-order valence-corrected chi connectivity index (χ3v) is 4.21. The lowest BCUT2D eigenvalue weighted by Gasteiger charge is -2.30. The van der Waals surface area contributed by atoms with Crippen molar-refractivity contribution in [2.75, 3.05) is 11.5 Å². The van der Waals surface area contributed by atoms with E-state index in [1.807, 2.05) is 0 Å². The number of benzene rings is 2. The van der Waals surface area contributed by atoms with Crippen molar-refractivity contribution >= 4 is 40.7 Å². The Morgan fingerprint density at radius 2 is 2.04 bits per heavy atom. The molecule has 3 rings (SSSR count). The van der Waals surface area contributed by atoms with Crippen LogP contribution in [0.25, 0.3) is 0 Å². The predicted molar refractivity (Wildman–Crippen MR) is 88.8 cm³/mol. The van der Waals surface area contributed by atoms with Crippen LogP contribution >= 0.6 is 23.2 Å². The number of hydrogen-bond acceptors (Lipinski definition) is 4. The van der Waals surface area contributed by atoms with Gasteiger partial charge < -0.3 is 9.64 Å². The highest BCUT2D eigenvalue weighted by atomic mass is 35.5. The number of halogens is 2. The molecule has 124 valence electrons. The topological polar surface area (TPSA) is 78.9 Å². The minimum atomic E-state index is -0.684. The summed E-state index contributed by atoms with van der Waals surface area (Å²) in [5, 5.41) is 9.75. The van der Waals surface area contributed by atoms with Gasteiger partial charge in [-0.3, -0.25) is 14.8 Å². The van der Waals surface area contributed by atoms with Crippen molar-refractivity contribution in [2.24, 2.45) is 0 Å². The lowest BCUT2D eigenvalue weighted by atomic mass is 10.1. The van der Waals surface area contributed by atoms with Gasteiger partial charge in [0, 0.05) is 15.6 Å². The van der Waals surface area contributed by atoms with Gasteiger partial charge in [-0.2, -0.15) is 0 Å². The fraction of sp³-hybridized carbons (Fsp3) is 0.125. The smallest absolute Gasteiger partial charge is 0.274 e. The van der Waals surface area contributed by atoms with Crippen molar-refractivity contribution in [2.45, 2.75) is 6.54 Å². The van der Waals surface area contributed by atoms with Gasteiger partial charge in [-0.1, -0.05) is 23.2 Å². The first-order chi connectivity index (χ1) is 11.5. The second-order valence-corrected chi connectivity index (χ2v) is 5.97. The summed E-state index contributed by atoms with van der Waals surface area (Å²) < 4.78 is 5.38. The zero-order chi connectivity index (χ0) is 17.3. The molecule has 0 spiro atoms. The predicted octanol–water partition coefficient (Wildman–Crippen LogP) is 3.04. The Kier molecular flexibility index (Phi) is 4.62. The summed E-state index contributed by atoms with van der Waals surface area (Å²) in [6, 6.07) is 9.52. The second kappa shape index (κ2) is 6.68. The Hall–Kier alpha value is -2.28. The molecule has 1 heterocycles. The summed E-state index contributed by atoms with van der Waals surface area (Å²) in [7, 11) is 0. The van der Waals surface area contributed by atoms with Gasteiger partial charge in [-0.05, 0) is 42.0 Å². The van der Waals surface area contributed by atoms with Crippen LogP contribution in [0.15, 0.2) is 36.4 Å². The molecular formula is C16H12Cl2N2O4. The van der Waals surface area contributed by atoms with E-state index in [0.29, 0.717) is 27.0 Å². The molecule has 1 aliphatic heterocycles. The highest BCUT2D eigenvalue weighted by molar-refractivity contribution is 6.33. The number of carbonyl (C=O) groups excluding carboxylic acids is 2. The van der Waals surface area contributed by atoms with Gasteiger partial charge in [0.15, 0.2) is 6.61 Å². The Bertz CT molecular complexity index is 826. The maximum atomic E-state index is 12.3. The van der Waals surface area contributed by atoms with Crippen LogP contribution in [0.1, 0.15) is 15.9 Å². The largest absolute Gasteiger partial charge is 0.482 e. The number of hydrogen-bond donors (Lipinski definition) is 2. The molecule has 0 radical (unpaired) electrons. The molecule has 0 saturated heterocycles. The first-order valence-electron chi connectivity index (χ1n) is 6.95. The van der Waals surface area contributed by atoms with Gasteiger partial charge in [0.1, 0.15) is 5.75 Å². The fourth-order valence-electron chi connectivity index (χ4n) is 2.42. The number of anilines is 1. The highest BCUT2D eigenvalue weighted by Crippen LogP contribution is 2.35. The van der Waals surface area contributed by atoms with Crippen LogP contribution in [-0.4, -0.2) is 23.6 Å². The molecule has 2 aromatic carbocycles. The second-order valence-electron chi connectivity index (χ2n) is 5.13. The standard InChI is InChI=1S/C16H12Cl2N2O4/c17-11-2-3-12(18)10(5-11)7-20-13-6-9(16(22)19-23)1-4-14(13)24-8-15(20)21/h1-6,23H,7-8H2,(H,19,22). The molecule has 24 heavy (non-hydrogen) atoms. The molecule has 0 unspecified atom stereocenters. The maximum Gasteiger partial charge on any atom is 0.274 e. The monoisotopic (exact) mass is 366 g/mol. The van der Waals surface area contributed by atoms with Gasteiger partial charge in [-0.25, -0.2) is 5.48 Å². The molecule has 2 amide bonds. The summed E-state index contributed by atoms with van der Waals surface area (Å²) in [5.41, 5.74) is 2.84. The number of hydroxylamine groups is 1. The first-order valence-corrected chi connectivity index (χ1v) is 7.71. The van der Waals surface area contributed by atoms with E-state index < -0.39 is 5.91 Å². The number of amides is 2. The Balaban J connectivity index is 2.01. The number of fused-ring (bicyclic) bond motifs is 1. The number of ether oxygens (including phenoxy) is 1. The summed E-state index contributed by atoms with van der Waals surface area (Å²) in [5.74, 6) is -0.501. The van der Waals surface area contributed by atoms with Crippen molar-refractivity contribution in [1.82, 2.24) is 5.48 Å². The van der Waals surface area contributed by atoms with Gasteiger partial charge in [0.2, 0.25) is 0 Å². The van der Waals surface area contributed by atoms with E-state index in [9.17, 15) is 9.59 Å². The summed E-state index contributed by atoms with van der Waals surface area (Å²) in [4.78, 5) is 25.3. The van der Waals surface area contributed by atoms with E-state index >= 15 is 0 Å². The quantitative estimate of drug-likeness (QED) is 0.646. The third kappa shape index (κ3) is 3.17. The van der Waals surface area contributed by atoms with Gasteiger partial charge in [-0.15, -0.1) is 0 Å². The van der Waals surface area contributed by atoms with Crippen LogP contribution < -0.4 is 15.1 Å². The number of rotatable bonds is 3. The van der Waals surface area contributed by atoms with Crippen LogP contribution in [0.2, 0.25) is 10.0 Å². The summed E-state index contributed by atoms with van der Waals surface area (Å²) >= 11 is 12.2. The highest BCUT2D eigenvalue weighted by Gasteiger charge is 2.27. The van der Waals surface area contributed by atoms with Crippen LogP contribution in [0.4, 0.5) is 5.69 Å². The lowest BCUT2D eigenvalue weighted by Crippen LogP contribution is -2.38. The van der Waals surface area contributed by atoms with Crippen molar-refractivity contribution < 1.29 is 19.5 Å². The van der Waals surface area contributed by atoms with E-state index in [2.05, 4.69) is 0 Å². The number of nitrogens with zero attached hydrogens (tertiary/aromatic N) is 1. The molecule has 2 N–H and O–H groups in total. The van der Waals surface area contributed by atoms with Crippen molar-refractivity contribution in [1.29, 1.82) is 0 Å². The molecule has 0 atom stereocenters. The van der Waals surface area contributed by atoms with E-state index in [4.69, 9.17) is 33.1 Å². The lowest BCUT2D eigenvalue weighted by molar-refractivity contribution is -0.121. The molecule has 6 nitrogen and oxygen atoms in total. The zero-order valence-electron chi connectivity index (χ0n) is 12.3. The van der Waals surface area contributed by atoms with E-state index in [1.165, 1.54) is 17.0 Å². The molecule has 0 aromatic heterocycles. The molecule has 2 aromatic rings. The van der Waals surface area contributed by atoms with E-state index in [1.54, 1.807) is 29.7 Å². The average molecular weight is 367 g/mol. The molecule has 0 bridgehead atoms. The van der Waals surface area contributed by atoms with Crippen LogP contribution in [0.5, 0.6) is 5.75 Å². The molecule has 0 fully saturated rings. The molecular weight excluding hydrogens is 355 g/mol. The fourth-order valence-corrected chi connectivity index (χ4v) is 2.79.